The monoisotopic (exact) mass is 247 g/mol. The number of hydrogen-bond donors (Lipinski definition) is 2. The van der Waals surface area contributed by atoms with E-state index in [0.717, 1.165) is 5.56 Å². The summed E-state index contributed by atoms with van der Waals surface area (Å²) in [6.45, 7) is 0.272. The van der Waals surface area contributed by atoms with E-state index in [1.54, 1.807) is 0 Å². The van der Waals surface area contributed by atoms with Crippen molar-refractivity contribution in [3.8, 4) is 17.5 Å². The number of aromatic hydroxyl groups is 1. The first-order valence-corrected chi connectivity index (χ1v) is 5.28. The van der Waals surface area contributed by atoms with Gasteiger partial charge in [0.2, 0.25) is 11.7 Å². The van der Waals surface area contributed by atoms with Gasteiger partial charge in [0.05, 0.1) is 7.11 Å². The van der Waals surface area contributed by atoms with Crippen LogP contribution in [-0.4, -0.2) is 22.2 Å². The topological polar surface area (TPSA) is 90.5 Å². The minimum atomic E-state index is -0.261. The summed E-state index contributed by atoms with van der Waals surface area (Å²) in [5.74, 6) is -0.288. The lowest BCUT2D eigenvalue weighted by Gasteiger charge is -2.09. The third-order valence-corrected chi connectivity index (χ3v) is 2.25. The fourth-order valence-corrected chi connectivity index (χ4v) is 1.40. The van der Waals surface area contributed by atoms with Crippen LogP contribution in [0.1, 0.15) is 5.56 Å². The number of rotatable bonds is 4. The SMILES string of the molecule is COc1nc(N)nc(OCc2ccccc2)c1O. The number of nitrogens with two attached hydrogens (primary N) is 1. The van der Waals surface area contributed by atoms with E-state index in [1.807, 2.05) is 30.3 Å². The van der Waals surface area contributed by atoms with Crippen LogP contribution in [-0.2, 0) is 6.61 Å². The molecule has 2 rings (SSSR count). The molecule has 0 spiro atoms. The summed E-state index contributed by atoms with van der Waals surface area (Å²) in [7, 11) is 1.38. The standard InChI is InChI=1S/C12H13N3O3/c1-17-10-9(16)11(15-12(13)14-10)18-7-8-5-3-2-4-6-8/h2-6,16H,7H2,1H3,(H2,13,14,15). The van der Waals surface area contributed by atoms with Crippen molar-refractivity contribution in [2.24, 2.45) is 0 Å². The molecule has 0 saturated heterocycles. The van der Waals surface area contributed by atoms with Gasteiger partial charge in [-0.15, -0.1) is 0 Å². The number of benzene rings is 1. The number of aromatic nitrogens is 2. The zero-order valence-corrected chi connectivity index (χ0v) is 9.83. The summed E-state index contributed by atoms with van der Waals surface area (Å²) in [5, 5.41) is 9.76. The van der Waals surface area contributed by atoms with Crippen LogP contribution in [0.2, 0.25) is 0 Å². The van der Waals surface area contributed by atoms with E-state index >= 15 is 0 Å². The molecule has 0 radical (unpaired) electrons. The van der Waals surface area contributed by atoms with Crippen molar-refractivity contribution in [2.75, 3.05) is 12.8 Å². The first kappa shape index (κ1) is 12.0. The van der Waals surface area contributed by atoms with Crippen LogP contribution in [0.25, 0.3) is 0 Å². The Hall–Kier alpha value is -2.50. The molecule has 0 unspecified atom stereocenters. The molecule has 1 aromatic carbocycles. The number of nitrogen functional groups attached to an aromatic ring is 1. The van der Waals surface area contributed by atoms with Crippen molar-refractivity contribution < 1.29 is 14.6 Å². The highest BCUT2D eigenvalue weighted by Crippen LogP contribution is 2.33. The largest absolute Gasteiger partial charge is 0.499 e. The van der Waals surface area contributed by atoms with Crippen LogP contribution in [0, 0.1) is 0 Å². The first-order chi connectivity index (χ1) is 8.70. The Morgan fingerprint density at radius 2 is 1.83 bits per heavy atom. The second kappa shape index (κ2) is 5.22. The summed E-state index contributed by atoms with van der Waals surface area (Å²) in [4.78, 5) is 7.53. The first-order valence-electron chi connectivity index (χ1n) is 5.28. The van der Waals surface area contributed by atoms with Crippen molar-refractivity contribution in [2.45, 2.75) is 6.61 Å². The van der Waals surface area contributed by atoms with Gasteiger partial charge in [-0.1, -0.05) is 30.3 Å². The molecule has 1 aromatic heterocycles. The zero-order chi connectivity index (χ0) is 13.0. The molecule has 18 heavy (non-hydrogen) atoms. The predicted molar refractivity (Wildman–Crippen MR) is 65.4 cm³/mol. The number of hydrogen-bond acceptors (Lipinski definition) is 6. The number of anilines is 1. The Balaban J connectivity index is 2.17. The highest BCUT2D eigenvalue weighted by Gasteiger charge is 2.14. The van der Waals surface area contributed by atoms with Crippen LogP contribution in [0.15, 0.2) is 30.3 Å². The third kappa shape index (κ3) is 2.60. The predicted octanol–water partition coefficient (Wildman–Crippen LogP) is 1.35. The normalized spacial score (nSPS) is 10.1. The van der Waals surface area contributed by atoms with Crippen molar-refractivity contribution in [1.29, 1.82) is 0 Å². The molecule has 0 aliphatic rings. The van der Waals surface area contributed by atoms with Crippen molar-refractivity contribution in [3.63, 3.8) is 0 Å². The van der Waals surface area contributed by atoms with E-state index in [1.165, 1.54) is 7.11 Å². The summed E-state index contributed by atoms with van der Waals surface area (Å²) < 4.78 is 10.2. The lowest BCUT2D eigenvalue weighted by Crippen LogP contribution is -2.03. The van der Waals surface area contributed by atoms with Crippen LogP contribution in [0.3, 0.4) is 0 Å². The molecule has 0 aliphatic heterocycles. The fraction of sp³-hybridized carbons (Fsp3) is 0.167. The zero-order valence-electron chi connectivity index (χ0n) is 9.83. The average molecular weight is 247 g/mol. The summed E-state index contributed by atoms with van der Waals surface area (Å²) in [5.41, 5.74) is 6.43. The molecular formula is C12H13N3O3. The van der Waals surface area contributed by atoms with E-state index < -0.39 is 0 Å². The minimum Gasteiger partial charge on any atom is -0.499 e. The van der Waals surface area contributed by atoms with E-state index in [-0.39, 0.29) is 30.1 Å². The van der Waals surface area contributed by atoms with Gasteiger partial charge in [-0.3, -0.25) is 0 Å². The van der Waals surface area contributed by atoms with Gasteiger partial charge in [0, 0.05) is 0 Å². The maximum atomic E-state index is 9.76. The smallest absolute Gasteiger partial charge is 0.266 e. The molecule has 0 aliphatic carbocycles. The lowest BCUT2D eigenvalue weighted by atomic mass is 10.2. The molecule has 2 aromatic rings. The maximum Gasteiger partial charge on any atom is 0.266 e. The molecule has 0 bridgehead atoms. The molecule has 0 fully saturated rings. The van der Waals surface area contributed by atoms with Crippen molar-refractivity contribution in [1.82, 2.24) is 9.97 Å². The average Bonchev–Trinajstić information content (AvgIpc) is 2.40. The van der Waals surface area contributed by atoms with Gasteiger partial charge in [0.15, 0.2) is 0 Å². The lowest BCUT2D eigenvalue weighted by molar-refractivity contribution is 0.266. The Bertz CT molecular complexity index is 532. The Morgan fingerprint density at radius 1 is 1.17 bits per heavy atom. The Kier molecular flexibility index (Phi) is 3.47. The molecule has 0 atom stereocenters. The fourth-order valence-electron chi connectivity index (χ4n) is 1.40. The minimum absolute atomic E-state index is 0.00297. The van der Waals surface area contributed by atoms with E-state index in [2.05, 4.69) is 9.97 Å². The highest BCUT2D eigenvalue weighted by atomic mass is 16.5. The van der Waals surface area contributed by atoms with Gasteiger partial charge in [-0.25, -0.2) is 0 Å². The highest BCUT2D eigenvalue weighted by molar-refractivity contribution is 5.45. The van der Waals surface area contributed by atoms with Crippen LogP contribution in [0.5, 0.6) is 17.5 Å². The van der Waals surface area contributed by atoms with Gasteiger partial charge < -0.3 is 20.3 Å². The van der Waals surface area contributed by atoms with Gasteiger partial charge in [0.1, 0.15) is 6.61 Å². The number of ether oxygens (including phenoxy) is 2. The third-order valence-electron chi connectivity index (χ3n) is 2.25. The van der Waals surface area contributed by atoms with E-state index in [0.29, 0.717) is 0 Å². The second-order valence-corrected chi connectivity index (χ2v) is 3.52. The van der Waals surface area contributed by atoms with Gasteiger partial charge in [0.25, 0.3) is 11.8 Å². The van der Waals surface area contributed by atoms with Crippen LogP contribution < -0.4 is 15.2 Å². The Labute approximate surface area is 104 Å². The quantitative estimate of drug-likeness (QED) is 0.847. The molecule has 0 saturated carbocycles. The van der Waals surface area contributed by atoms with Gasteiger partial charge in [-0.05, 0) is 5.56 Å². The van der Waals surface area contributed by atoms with Gasteiger partial charge in [-0.2, -0.15) is 9.97 Å². The molecule has 3 N–H and O–H groups in total. The van der Waals surface area contributed by atoms with Crippen molar-refractivity contribution in [3.05, 3.63) is 35.9 Å². The van der Waals surface area contributed by atoms with E-state index in [9.17, 15) is 5.11 Å². The molecule has 1 heterocycles. The maximum absolute atomic E-state index is 9.76. The van der Waals surface area contributed by atoms with Crippen molar-refractivity contribution >= 4 is 5.95 Å². The number of methoxy groups -OCH3 is 1. The molecule has 94 valence electrons. The Morgan fingerprint density at radius 3 is 2.50 bits per heavy atom. The summed E-state index contributed by atoms with van der Waals surface area (Å²) in [6.07, 6.45) is 0. The number of nitrogens with zero attached hydrogens (tertiary/aromatic N) is 2. The summed E-state index contributed by atoms with van der Waals surface area (Å²) >= 11 is 0. The molecule has 6 heteroatoms. The van der Waals surface area contributed by atoms with E-state index in [4.69, 9.17) is 15.2 Å². The molecule has 0 amide bonds. The van der Waals surface area contributed by atoms with Crippen LogP contribution in [0.4, 0.5) is 5.95 Å². The van der Waals surface area contributed by atoms with Gasteiger partial charge >= 0.3 is 0 Å². The molecular weight excluding hydrogens is 234 g/mol. The van der Waals surface area contributed by atoms with Crippen LogP contribution >= 0.6 is 0 Å². The molecule has 6 nitrogen and oxygen atoms in total. The summed E-state index contributed by atoms with van der Waals surface area (Å²) in [6, 6.07) is 9.51. The second-order valence-electron chi connectivity index (χ2n) is 3.52.